The van der Waals surface area contributed by atoms with Crippen LogP contribution in [0.25, 0.3) is 0 Å². The maximum Gasteiger partial charge on any atom is 0.267 e. The van der Waals surface area contributed by atoms with E-state index in [2.05, 4.69) is 0 Å². The van der Waals surface area contributed by atoms with Crippen molar-refractivity contribution >= 4 is 15.7 Å². The number of anilines is 1. The summed E-state index contributed by atoms with van der Waals surface area (Å²) in [6.07, 6.45) is 0. The van der Waals surface area contributed by atoms with Gasteiger partial charge < -0.3 is 5.11 Å². The Kier molecular flexibility index (Phi) is 3.77. The molecule has 2 N–H and O–H groups in total. The zero-order valence-electron chi connectivity index (χ0n) is 10.1. The first-order valence-electron chi connectivity index (χ1n) is 5.36. The topological polar surface area (TPSA) is 66.4 Å². The van der Waals surface area contributed by atoms with Crippen LogP contribution in [-0.4, -0.2) is 13.5 Å². The number of nitrogens with one attached hydrogen (secondary N) is 1. The van der Waals surface area contributed by atoms with Gasteiger partial charge in [0.1, 0.15) is 29.0 Å². The predicted molar refractivity (Wildman–Crippen MR) is 65.2 cm³/mol. The standard InChI is InChI=1S/C12H7F4NO3S/c13-6-1-2-10(11(18)5-6)17-21(19,20)12-8(15)3-7(14)4-9(12)16/h1-5,17-18H. The Labute approximate surface area is 116 Å². The average molecular weight is 321 g/mol. The maximum atomic E-state index is 13.5. The molecule has 2 aromatic rings. The molecule has 0 atom stereocenters. The number of sulfonamides is 1. The van der Waals surface area contributed by atoms with E-state index < -0.39 is 49.6 Å². The minimum Gasteiger partial charge on any atom is -0.506 e. The summed E-state index contributed by atoms with van der Waals surface area (Å²) in [5.41, 5.74) is -0.487. The molecule has 0 heterocycles. The molecule has 0 aliphatic rings. The van der Waals surface area contributed by atoms with Gasteiger partial charge in [0.25, 0.3) is 10.0 Å². The second kappa shape index (κ2) is 5.24. The fourth-order valence-electron chi connectivity index (χ4n) is 1.57. The maximum absolute atomic E-state index is 13.5. The van der Waals surface area contributed by atoms with Crippen LogP contribution < -0.4 is 4.72 Å². The van der Waals surface area contributed by atoms with Gasteiger partial charge in [-0.15, -0.1) is 0 Å². The van der Waals surface area contributed by atoms with Gasteiger partial charge in [0.15, 0.2) is 4.90 Å². The lowest BCUT2D eigenvalue weighted by atomic mass is 10.3. The van der Waals surface area contributed by atoms with E-state index in [4.69, 9.17) is 0 Å². The number of phenolic OH excluding ortho intramolecular Hbond substituents is 1. The van der Waals surface area contributed by atoms with Crippen LogP contribution in [0.15, 0.2) is 35.2 Å². The van der Waals surface area contributed by atoms with Crippen LogP contribution in [0.4, 0.5) is 23.2 Å². The number of rotatable bonds is 3. The van der Waals surface area contributed by atoms with Crippen LogP contribution in [0.3, 0.4) is 0 Å². The van der Waals surface area contributed by atoms with Crippen LogP contribution >= 0.6 is 0 Å². The molecule has 0 fully saturated rings. The van der Waals surface area contributed by atoms with Crippen molar-refractivity contribution in [2.45, 2.75) is 4.90 Å². The summed E-state index contributed by atoms with van der Waals surface area (Å²) < 4.78 is 77.9. The van der Waals surface area contributed by atoms with Crippen molar-refractivity contribution in [1.29, 1.82) is 0 Å². The third-order valence-electron chi connectivity index (χ3n) is 2.44. The summed E-state index contributed by atoms with van der Waals surface area (Å²) in [4.78, 5) is -1.41. The molecule has 0 unspecified atom stereocenters. The number of hydrogen-bond acceptors (Lipinski definition) is 3. The molecule has 0 aliphatic heterocycles. The number of halogens is 4. The average Bonchev–Trinajstić information content (AvgIpc) is 2.30. The van der Waals surface area contributed by atoms with E-state index in [1.165, 1.54) is 0 Å². The molecule has 9 heteroatoms. The fraction of sp³-hybridized carbons (Fsp3) is 0. The van der Waals surface area contributed by atoms with Crippen LogP contribution in [0.2, 0.25) is 0 Å². The molecule has 4 nitrogen and oxygen atoms in total. The molecule has 2 rings (SSSR count). The second-order valence-electron chi connectivity index (χ2n) is 3.97. The number of aromatic hydroxyl groups is 1. The molecular formula is C12H7F4NO3S. The van der Waals surface area contributed by atoms with Gasteiger partial charge in [0.05, 0.1) is 5.69 Å². The normalized spacial score (nSPS) is 11.4. The Morgan fingerprint density at radius 3 is 2.00 bits per heavy atom. The van der Waals surface area contributed by atoms with Crippen molar-refractivity contribution < 1.29 is 31.1 Å². The summed E-state index contributed by atoms with van der Waals surface area (Å²) >= 11 is 0. The molecule has 0 aliphatic carbocycles. The van der Waals surface area contributed by atoms with Gasteiger partial charge in [-0.05, 0) is 12.1 Å². The van der Waals surface area contributed by atoms with E-state index in [0.717, 1.165) is 12.1 Å². The van der Waals surface area contributed by atoms with Crippen LogP contribution in [0.1, 0.15) is 0 Å². The van der Waals surface area contributed by atoms with Gasteiger partial charge in [-0.25, -0.2) is 26.0 Å². The van der Waals surface area contributed by atoms with Crippen molar-refractivity contribution in [3.8, 4) is 5.75 Å². The number of benzene rings is 2. The molecule has 0 saturated carbocycles. The first kappa shape index (κ1) is 15.1. The monoisotopic (exact) mass is 321 g/mol. The Morgan fingerprint density at radius 2 is 1.48 bits per heavy atom. The van der Waals surface area contributed by atoms with Gasteiger partial charge in [0, 0.05) is 18.2 Å². The summed E-state index contributed by atoms with van der Waals surface area (Å²) in [5, 5.41) is 9.37. The Bertz CT molecular complexity index is 785. The van der Waals surface area contributed by atoms with Crippen LogP contribution in [0, 0.1) is 23.3 Å². The smallest absolute Gasteiger partial charge is 0.267 e. The largest absolute Gasteiger partial charge is 0.506 e. The summed E-state index contributed by atoms with van der Waals surface area (Å²) in [6, 6.07) is 2.69. The van der Waals surface area contributed by atoms with Gasteiger partial charge >= 0.3 is 0 Å². The van der Waals surface area contributed by atoms with E-state index in [9.17, 15) is 31.1 Å². The Hall–Kier alpha value is -2.29. The highest BCUT2D eigenvalue weighted by molar-refractivity contribution is 7.92. The van der Waals surface area contributed by atoms with E-state index in [1.807, 2.05) is 0 Å². The first-order chi connectivity index (χ1) is 9.70. The molecule has 112 valence electrons. The molecule has 0 spiro atoms. The summed E-state index contributed by atoms with van der Waals surface area (Å²) in [7, 11) is -4.78. The molecule has 2 aromatic carbocycles. The lowest BCUT2D eigenvalue weighted by molar-refractivity contribution is 0.471. The molecule has 0 bridgehead atoms. The highest BCUT2D eigenvalue weighted by Crippen LogP contribution is 2.28. The quantitative estimate of drug-likeness (QED) is 0.675. The fourth-order valence-corrected chi connectivity index (χ4v) is 2.77. The highest BCUT2D eigenvalue weighted by atomic mass is 32.2. The van der Waals surface area contributed by atoms with Crippen molar-refractivity contribution in [2.24, 2.45) is 0 Å². The molecular weight excluding hydrogens is 314 g/mol. The van der Waals surface area contributed by atoms with E-state index in [-0.39, 0.29) is 12.1 Å². The minimum absolute atomic E-state index is 0.197. The van der Waals surface area contributed by atoms with Crippen molar-refractivity contribution in [1.82, 2.24) is 0 Å². The van der Waals surface area contributed by atoms with Crippen molar-refractivity contribution in [2.75, 3.05) is 4.72 Å². The SMILES string of the molecule is O=S(=O)(Nc1ccc(F)cc1O)c1c(F)cc(F)cc1F. The van der Waals surface area contributed by atoms with Gasteiger partial charge in [-0.3, -0.25) is 4.72 Å². The van der Waals surface area contributed by atoms with Gasteiger partial charge in [-0.1, -0.05) is 0 Å². The van der Waals surface area contributed by atoms with Crippen molar-refractivity contribution in [3.05, 3.63) is 53.6 Å². The molecule has 0 radical (unpaired) electrons. The van der Waals surface area contributed by atoms with E-state index >= 15 is 0 Å². The molecule has 0 aromatic heterocycles. The van der Waals surface area contributed by atoms with Crippen LogP contribution in [-0.2, 0) is 10.0 Å². The predicted octanol–water partition coefficient (Wildman–Crippen LogP) is 2.75. The third kappa shape index (κ3) is 3.07. The zero-order chi connectivity index (χ0) is 15.8. The van der Waals surface area contributed by atoms with E-state index in [0.29, 0.717) is 6.07 Å². The first-order valence-corrected chi connectivity index (χ1v) is 6.85. The molecule has 0 amide bonds. The molecule has 0 saturated heterocycles. The second-order valence-corrected chi connectivity index (χ2v) is 5.58. The minimum atomic E-state index is -4.78. The third-order valence-corrected chi connectivity index (χ3v) is 3.85. The highest BCUT2D eigenvalue weighted by Gasteiger charge is 2.26. The number of phenols is 1. The summed E-state index contributed by atoms with van der Waals surface area (Å²) in [5.74, 6) is -6.17. The van der Waals surface area contributed by atoms with Gasteiger partial charge in [-0.2, -0.15) is 0 Å². The Balaban J connectivity index is 2.48. The summed E-state index contributed by atoms with van der Waals surface area (Å²) in [6.45, 7) is 0. The van der Waals surface area contributed by atoms with Crippen LogP contribution in [0.5, 0.6) is 5.75 Å². The van der Waals surface area contributed by atoms with Gasteiger partial charge in [0.2, 0.25) is 0 Å². The van der Waals surface area contributed by atoms with E-state index in [1.54, 1.807) is 4.72 Å². The lowest BCUT2D eigenvalue weighted by Crippen LogP contribution is -2.17. The lowest BCUT2D eigenvalue weighted by Gasteiger charge is -2.11. The molecule has 21 heavy (non-hydrogen) atoms. The Morgan fingerprint density at radius 1 is 0.905 bits per heavy atom. The zero-order valence-corrected chi connectivity index (χ0v) is 10.9. The number of hydrogen-bond donors (Lipinski definition) is 2. The van der Waals surface area contributed by atoms with Crippen molar-refractivity contribution in [3.63, 3.8) is 0 Å².